The lowest BCUT2D eigenvalue weighted by atomic mass is 10.1. The van der Waals surface area contributed by atoms with E-state index in [4.69, 9.17) is 0 Å². The van der Waals surface area contributed by atoms with Gasteiger partial charge in [-0.25, -0.2) is 8.42 Å². The van der Waals surface area contributed by atoms with Gasteiger partial charge in [0.1, 0.15) is 0 Å². The zero-order chi connectivity index (χ0) is 21.6. The summed E-state index contributed by atoms with van der Waals surface area (Å²) in [6.45, 7) is 10.8. The summed E-state index contributed by atoms with van der Waals surface area (Å²) in [5.74, 6) is 0.499. The van der Waals surface area contributed by atoms with Crippen LogP contribution in [0.3, 0.4) is 0 Å². The molecule has 2 saturated heterocycles. The quantitative estimate of drug-likeness (QED) is 0.748. The van der Waals surface area contributed by atoms with Crippen molar-refractivity contribution in [3.8, 4) is 0 Å². The van der Waals surface area contributed by atoms with Gasteiger partial charge in [0.05, 0.1) is 34.6 Å². The van der Waals surface area contributed by atoms with Crippen molar-refractivity contribution >= 4 is 21.4 Å². The molecule has 0 aliphatic carbocycles. The number of hydrogen-bond acceptors (Lipinski definition) is 5. The lowest BCUT2D eigenvalue weighted by Crippen LogP contribution is -2.49. The van der Waals surface area contributed by atoms with Crippen LogP contribution in [0.1, 0.15) is 45.3 Å². The molecular formula is C22H30N4O3S. The van der Waals surface area contributed by atoms with E-state index < -0.39 is 9.84 Å². The Balaban J connectivity index is 1.47. The molecule has 0 saturated carbocycles. The Bertz CT molecular complexity index is 1060. The van der Waals surface area contributed by atoms with Gasteiger partial charge in [0, 0.05) is 31.7 Å². The second-order valence-corrected chi connectivity index (χ2v) is 10.9. The number of benzene rings is 1. The molecule has 8 heteroatoms. The largest absolute Gasteiger partial charge is 0.365 e. The van der Waals surface area contributed by atoms with Crippen LogP contribution in [-0.4, -0.2) is 66.7 Å². The van der Waals surface area contributed by atoms with E-state index in [0.717, 1.165) is 46.9 Å². The summed E-state index contributed by atoms with van der Waals surface area (Å²) < 4.78 is 25.7. The Morgan fingerprint density at radius 2 is 1.63 bits per heavy atom. The Labute approximate surface area is 178 Å². The zero-order valence-electron chi connectivity index (χ0n) is 18.2. The molecule has 0 bridgehead atoms. The fourth-order valence-electron chi connectivity index (χ4n) is 4.85. The summed E-state index contributed by atoms with van der Waals surface area (Å²) in [7, 11) is -2.96. The topological polar surface area (TPSA) is 75.5 Å². The maximum atomic E-state index is 13.0. The highest BCUT2D eigenvalue weighted by Gasteiger charge is 2.33. The molecule has 0 spiro atoms. The lowest BCUT2D eigenvalue weighted by Gasteiger charge is -2.36. The number of aromatic nitrogens is 2. The molecule has 2 aliphatic heterocycles. The predicted molar refractivity (Wildman–Crippen MR) is 118 cm³/mol. The first-order valence-corrected chi connectivity index (χ1v) is 12.4. The summed E-state index contributed by atoms with van der Waals surface area (Å²) in [4.78, 5) is 17.2. The first kappa shape index (κ1) is 20.9. The molecule has 2 fully saturated rings. The molecule has 2 aromatic rings. The first-order valence-electron chi connectivity index (χ1n) is 10.5. The average Bonchev–Trinajstić information content (AvgIpc) is 3.18. The molecule has 3 heterocycles. The van der Waals surface area contributed by atoms with Gasteiger partial charge in [-0.15, -0.1) is 0 Å². The van der Waals surface area contributed by atoms with E-state index in [9.17, 15) is 13.2 Å². The molecule has 1 amide bonds. The molecular weight excluding hydrogens is 400 g/mol. The molecule has 2 aliphatic rings. The highest BCUT2D eigenvalue weighted by atomic mass is 32.2. The van der Waals surface area contributed by atoms with Crippen molar-refractivity contribution in [2.24, 2.45) is 0 Å². The van der Waals surface area contributed by atoms with Crippen molar-refractivity contribution in [2.45, 2.75) is 40.2 Å². The van der Waals surface area contributed by atoms with E-state index in [2.05, 4.69) is 16.1 Å². The summed E-state index contributed by atoms with van der Waals surface area (Å²) in [5, 5.41) is 4.68. The number of aryl methyl sites for hydroxylation is 3. The molecule has 7 nitrogen and oxygen atoms in total. The third-order valence-electron chi connectivity index (χ3n) is 6.19. The second kappa shape index (κ2) is 7.72. The highest BCUT2D eigenvalue weighted by Crippen LogP contribution is 2.31. The summed E-state index contributed by atoms with van der Waals surface area (Å²) in [5.41, 5.74) is 5.98. The molecule has 0 N–H and O–H groups in total. The van der Waals surface area contributed by atoms with Gasteiger partial charge in [-0.1, -0.05) is 17.2 Å². The minimum absolute atomic E-state index is 0.0742. The molecule has 0 radical (unpaired) electrons. The molecule has 30 heavy (non-hydrogen) atoms. The number of sulfone groups is 1. The van der Waals surface area contributed by atoms with Crippen LogP contribution in [-0.2, 0) is 9.84 Å². The number of piperazine rings is 1. The average molecular weight is 431 g/mol. The van der Waals surface area contributed by atoms with E-state index in [1.54, 1.807) is 0 Å². The van der Waals surface area contributed by atoms with E-state index in [0.29, 0.717) is 19.5 Å². The van der Waals surface area contributed by atoms with Gasteiger partial charge >= 0.3 is 0 Å². The fraction of sp³-hybridized carbons (Fsp3) is 0.545. The number of carbonyl (C=O) groups is 1. The number of amides is 1. The standard InChI is InChI=1S/C22H30N4O3S/c1-15-11-16(2)13-19(12-15)22(27)25-8-6-24(7-9-25)21-17(3)23-26(18(21)4)20-5-10-30(28,29)14-20/h11-13,20H,5-10,14H2,1-4H3. The van der Waals surface area contributed by atoms with Crippen molar-refractivity contribution in [3.05, 3.63) is 46.3 Å². The second-order valence-electron chi connectivity index (χ2n) is 8.68. The van der Waals surface area contributed by atoms with Gasteiger partial charge in [-0.3, -0.25) is 9.48 Å². The lowest BCUT2D eigenvalue weighted by molar-refractivity contribution is 0.0746. The van der Waals surface area contributed by atoms with E-state index in [1.165, 1.54) is 0 Å². The van der Waals surface area contributed by atoms with Crippen LogP contribution in [0.15, 0.2) is 18.2 Å². The van der Waals surface area contributed by atoms with E-state index in [1.807, 2.05) is 49.4 Å². The monoisotopic (exact) mass is 430 g/mol. The van der Waals surface area contributed by atoms with Crippen molar-refractivity contribution in [1.82, 2.24) is 14.7 Å². The molecule has 1 unspecified atom stereocenters. The molecule has 162 valence electrons. The smallest absolute Gasteiger partial charge is 0.253 e. The van der Waals surface area contributed by atoms with E-state index >= 15 is 0 Å². The van der Waals surface area contributed by atoms with E-state index in [-0.39, 0.29) is 23.5 Å². The van der Waals surface area contributed by atoms with Crippen LogP contribution in [0.25, 0.3) is 0 Å². The van der Waals surface area contributed by atoms with Gasteiger partial charge in [0.2, 0.25) is 0 Å². The summed E-state index contributed by atoms with van der Waals surface area (Å²) in [6.07, 6.45) is 0.627. The van der Waals surface area contributed by atoms with Crippen LogP contribution in [0.5, 0.6) is 0 Å². The number of carbonyl (C=O) groups excluding carboxylic acids is 1. The minimum atomic E-state index is -2.96. The third-order valence-corrected chi connectivity index (χ3v) is 7.94. The number of nitrogens with zero attached hydrogens (tertiary/aromatic N) is 4. The first-order chi connectivity index (χ1) is 14.1. The SMILES string of the molecule is Cc1cc(C)cc(C(=O)N2CCN(c3c(C)nn(C4CCS(=O)(=O)C4)c3C)CC2)c1. The predicted octanol–water partition coefficient (Wildman–Crippen LogP) is 2.44. The van der Waals surface area contributed by atoms with Gasteiger partial charge in [0.15, 0.2) is 9.84 Å². The fourth-order valence-corrected chi connectivity index (χ4v) is 6.54. The molecule has 4 rings (SSSR count). The Morgan fingerprint density at radius 1 is 1.00 bits per heavy atom. The summed E-state index contributed by atoms with van der Waals surface area (Å²) in [6, 6.07) is 5.91. The third kappa shape index (κ3) is 3.97. The van der Waals surface area contributed by atoms with Gasteiger partial charge in [-0.05, 0) is 46.2 Å². The minimum Gasteiger partial charge on any atom is -0.365 e. The van der Waals surface area contributed by atoms with Crippen LogP contribution < -0.4 is 4.90 Å². The van der Waals surface area contributed by atoms with Crippen LogP contribution in [0.2, 0.25) is 0 Å². The van der Waals surface area contributed by atoms with Crippen LogP contribution in [0, 0.1) is 27.7 Å². The maximum absolute atomic E-state index is 13.0. The zero-order valence-corrected chi connectivity index (χ0v) is 19.0. The molecule has 1 aromatic carbocycles. The van der Waals surface area contributed by atoms with Crippen LogP contribution in [0.4, 0.5) is 5.69 Å². The Morgan fingerprint density at radius 3 is 2.20 bits per heavy atom. The maximum Gasteiger partial charge on any atom is 0.253 e. The Hall–Kier alpha value is -2.35. The van der Waals surface area contributed by atoms with Crippen molar-refractivity contribution in [2.75, 3.05) is 42.6 Å². The van der Waals surface area contributed by atoms with Crippen molar-refractivity contribution in [1.29, 1.82) is 0 Å². The van der Waals surface area contributed by atoms with Crippen molar-refractivity contribution in [3.63, 3.8) is 0 Å². The number of rotatable bonds is 3. The normalized spacial score (nSPS) is 21.3. The summed E-state index contributed by atoms with van der Waals surface area (Å²) >= 11 is 0. The molecule has 1 aromatic heterocycles. The number of anilines is 1. The van der Waals surface area contributed by atoms with Gasteiger partial charge < -0.3 is 9.80 Å². The number of hydrogen-bond donors (Lipinski definition) is 0. The van der Waals surface area contributed by atoms with Crippen molar-refractivity contribution < 1.29 is 13.2 Å². The Kier molecular flexibility index (Phi) is 5.38. The van der Waals surface area contributed by atoms with Crippen LogP contribution >= 0.6 is 0 Å². The van der Waals surface area contributed by atoms with Gasteiger partial charge in [0.25, 0.3) is 5.91 Å². The highest BCUT2D eigenvalue weighted by molar-refractivity contribution is 7.91. The molecule has 1 atom stereocenters. The van der Waals surface area contributed by atoms with Gasteiger partial charge in [-0.2, -0.15) is 5.10 Å².